The molecule has 3 heterocycles. The minimum Gasteiger partial charge on any atom is -0.383 e. The van der Waals surface area contributed by atoms with Gasteiger partial charge in [0.15, 0.2) is 11.6 Å². The molecule has 0 bridgehead atoms. The van der Waals surface area contributed by atoms with Crippen LogP contribution in [0.25, 0.3) is 22.8 Å². The molecule has 174 valence electrons. The fourth-order valence-corrected chi connectivity index (χ4v) is 3.83. The Morgan fingerprint density at radius 3 is 1.22 bits per heavy atom. The van der Waals surface area contributed by atoms with E-state index in [0.717, 1.165) is 0 Å². The van der Waals surface area contributed by atoms with E-state index in [-0.39, 0.29) is 23.2 Å². The van der Waals surface area contributed by atoms with Crippen LogP contribution in [0.3, 0.4) is 0 Å². The highest BCUT2D eigenvalue weighted by molar-refractivity contribution is 6.12. The summed E-state index contributed by atoms with van der Waals surface area (Å²) in [5.74, 6) is -0.142. The zero-order chi connectivity index (χ0) is 25.1. The summed E-state index contributed by atoms with van der Waals surface area (Å²) in [5.41, 5.74) is 16.2. The molecule has 0 aliphatic heterocycles. The number of aromatic nitrogens is 3. The smallest absolute Gasteiger partial charge is 0.196 e. The summed E-state index contributed by atoms with van der Waals surface area (Å²) in [6.45, 7) is 0. The third-order valence-corrected chi connectivity index (χ3v) is 5.68. The lowest BCUT2D eigenvalue weighted by molar-refractivity contribution is 0.103. The second kappa shape index (κ2) is 9.60. The molecule has 0 saturated carbocycles. The van der Waals surface area contributed by atoms with E-state index in [2.05, 4.69) is 15.0 Å². The average molecular weight is 472 g/mol. The van der Waals surface area contributed by atoms with Crippen molar-refractivity contribution >= 4 is 23.2 Å². The molecule has 0 spiro atoms. The molecule has 0 amide bonds. The molecule has 3 aromatic heterocycles. The van der Waals surface area contributed by atoms with E-state index in [1.807, 2.05) is 18.2 Å². The molecule has 36 heavy (non-hydrogen) atoms. The maximum atomic E-state index is 12.8. The zero-order valence-corrected chi connectivity index (χ0v) is 19.1. The van der Waals surface area contributed by atoms with Crippen molar-refractivity contribution in [3.05, 3.63) is 125 Å². The Labute approximate surface area is 207 Å². The maximum Gasteiger partial charge on any atom is 0.196 e. The molecular weight excluding hydrogens is 450 g/mol. The van der Waals surface area contributed by atoms with E-state index in [9.17, 15) is 9.59 Å². The molecule has 7 heteroatoms. The predicted molar refractivity (Wildman–Crippen MR) is 139 cm³/mol. The molecule has 0 unspecified atom stereocenters. The number of carbonyl (C=O) groups is 2. The summed E-state index contributed by atoms with van der Waals surface area (Å²) in [6.07, 6.45) is 0. The number of benzene rings is 2. The first kappa shape index (κ1) is 22.6. The second-order valence-electron chi connectivity index (χ2n) is 8.06. The Balaban J connectivity index is 1.43. The van der Waals surface area contributed by atoms with Gasteiger partial charge in [-0.3, -0.25) is 9.59 Å². The van der Waals surface area contributed by atoms with Crippen LogP contribution in [0.1, 0.15) is 31.8 Å². The van der Waals surface area contributed by atoms with E-state index in [0.29, 0.717) is 45.0 Å². The summed E-state index contributed by atoms with van der Waals surface area (Å²) in [7, 11) is 0. The van der Waals surface area contributed by atoms with E-state index in [1.165, 1.54) is 0 Å². The third-order valence-electron chi connectivity index (χ3n) is 5.68. The predicted octanol–water partition coefficient (Wildman–Crippen LogP) is 4.83. The zero-order valence-electron chi connectivity index (χ0n) is 19.1. The first-order valence-corrected chi connectivity index (χ1v) is 11.2. The molecule has 5 aromatic rings. The number of nitrogens with zero attached hydrogens (tertiary/aromatic N) is 3. The molecule has 5 rings (SSSR count). The Bertz CT molecular complexity index is 1470. The number of nitrogen functional groups attached to an aromatic ring is 2. The summed E-state index contributed by atoms with van der Waals surface area (Å²) >= 11 is 0. The van der Waals surface area contributed by atoms with Crippen molar-refractivity contribution in [3.63, 3.8) is 0 Å². The average Bonchev–Trinajstić information content (AvgIpc) is 2.93. The number of anilines is 2. The number of hydrogen-bond donors (Lipinski definition) is 2. The molecule has 0 radical (unpaired) electrons. The Hall–Kier alpha value is -5.17. The minimum absolute atomic E-state index is 0.125. The molecule has 4 N–H and O–H groups in total. The fraction of sp³-hybridized carbons (Fsp3) is 0. The van der Waals surface area contributed by atoms with Crippen LogP contribution in [0, 0.1) is 0 Å². The van der Waals surface area contributed by atoms with Crippen LogP contribution in [0.15, 0.2) is 103 Å². The fourth-order valence-electron chi connectivity index (χ4n) is 3.83. The molecule has 2 aromatic carbocycles. The number of ketones is 2. The first-order valence-electron chi connectivity index (χ1n) is 11.2. The van der Waals surface area contributed by atoms with Gasteiger partial charge in [0, 0.05) is 11.1 Å². The van der Waals surface area contributed by atoms with Crippen LogP contribution in [0.5, 0.6) is 0 Å². The SMILES string of the molecule is Nc1nc(-c2cccc(-c3ccc(C(=O)c4ccccc4)c(N)n3)n2)ccc1C(=O)c1ccccc1. The van der Waals surface area contributed by atoms with Crippen LogP contribution in [0.2, 0.25) is 0 Å². The van der Waals surface area contributed by atoms with Crippen molar-refractivity contribution in [2.75, 3.05) is 11.5 Å². The van der Waals surface area contributed by atoms with Crippen molar-refractivity contribution in [1.82, 2.24) is 15.0 Å². The topological polar surface area (TPSA) is 125 Å². The molecule has 0 aliphatic rings. The lowest BCUT2D eigenvalue weighted by Gasteiger charge is -2.09. The summed E-state index contributed by atoms with van der Waals surface area (Å²) in [6, 6.07) is 29.9. The van der Waals surface area contributed by atoms with Crippen molar-refractivity contribution < 1.29 is 9.59 Å². The lowest BCUT2D eigenvalue weighted by Crippen LogP contribution is -2.08. The van der Waals surface area contributed by atoms with Gasteiger partial charge >= 0.3 is 0 Å². The quantitative estimate of drug-likeness (QED) is 0.340. The Kier molecular flexibility index (Phi) is 6.03. The molecular formula is C29H21N5O2. The highest BCUT2D eigenvalue weighted by Crippen LogP contribution is 2.25. The molecule has 0 fully saturated rings. The van der Waals surface area contributed by atoms with Crippen LogP contribution in [-0.2, 0) is 0 Å². The molecule has 0 aliphatic carbocycles. The van der Waals surface area contributed by atoms with Crippen molar-refractivity contribution in [1.29, 1.82) is 0 Å². The maximum absolute atomic E-state index is 12.8. The standard InChI is InChI=1S/C29H21N5O2/c30-28-20(26(35)18-8-3-1-4-9-18)14-16-24(33-28)22-12-7-13-23(32-22)25-17-15-21(29(31)34-25)27(36)19-10-5-2-6-11-19/h1-17H,(H2,30,33)(H2,31,34). The monoisotopic (exact) mass is 471 g/mol. The van der Waals surface area contributed by atoms with Gasteiger partial charge in [0.05, 0.1) is 33.9 Å². The van der Waals surface area contributed by atoms with E-state index in [1.54, 1.807) is 84.9 Å². The van der Waals surface area contributed by atoms with Crippen LogP contribution in [-0.4, -0.2) is 26.5 Å². The van der Waals surface area contributed by atoms with E-state index < -0.39 is 0 Å². The van der Waals surface area contributed by atoms with Gasteiger partial charge in [0.2, 0.25) is 0 Å². The van der Waals surface area contributed by atoms with E-state index >= 15 is 0 Å². The second-order valence-corrected chi connectivity index (χ2v) is 8.06. The number of nitrogens with two attached hydrogens (primary N) is 2. The van der Waals surface area contributed by atoms with Gasteiger partial charge in [-0.15, -0.1) is 0 Å². The van der Waals surface area contributed by atoms with Gasteiger partial charge < -0.3 is 11.5 Å². The van der Waals surface area contributed by atoms with Crippen LogP contribution >= 0.6 is 0 Å². The number of rotatable bonds is 6. The van der Waals surface area contributed by atoms with Crippen molar-refractivity contribution in [3.8, 4) is 22.8 Å². The number of hydrogen-bond acceptors (Lipinski definition) is 7. The highest BCUT2D eigenvalue weighted by Gasteiger charge is 2.17. The molecule has 7 nitrogen and oxygen atoms in total. The van der Waals surface area contributed by atoms with Gasteiger partial charge in [-0.2, -0.15) is 0 Å². The van der Waals surface area contributed by atoms with Crippen LogP contribution in [0.4, 0.5) is 11.6 Å². The van der Waals surface area contributed by atoms with Crippen LogP contribution < -0.4 is 11.5 Å². The lowest BCUT2D eigenvalue weighted by atomic mass is 10.0. The third kappa shape index (κ3) is 4.45. The summed E-state index contributed by atoms with van der Waals surface area (Å²) < 4.78 is 0. The normalized spacial score (nSPS) is 10.7. The first-order chi connectivity index (χ1) is 17.5. The van der Waals surface area contributed by atoms with Gasteiger partial charge in [-0.05, 0) is 36.4 Å². The van der Waals surface area contributed by atoms with Gasteiger partial charge in [0.25, 0.3) is 0 Å². The minimum atomic E-state index is -0.196. The number of carbonyl (C=O) groups excluding carboxylic acids is 2. The molecule has 0 atom stereocenters. The van der Waals surface area contributed by atoms with Gasteiger partial charge in [0.1, 0.15) is 11.6 Å². The largest absolute Gasteiger partial charge is 0.383 e. The van der Waals surface area contributed by atoms with Crippen molar-refractivity contribution in [2.24, 2.45) is 0 Å². The Morgan fingerprint density at radius 2 is 0.833 bits per heavy atom. The Morgan fingerprint density at radius 1 is 0.444 bits per heavy atom. The summed E-state index contributed by atoms with van der Waals surface area (Å²) in [5, 5.41) is 0. The van der Waals surface area contributed by atoms with Gasteiger partial charge in [-0.25, -0.2) is 15.0 Å². The van der Waals surface area contributed by atoms with Gasteiger partial charge in [-0.1, -0.05) is 66.7 Å². The number of pyridine rings is 3. The summed E-state index contributed by atoms with van der Waals surface area (Å²) in [4.78, 5) is 39.0. The highest BCUT2D eigenvalue weighted by atomic mass is 16.1. The van der Waals surface area contributed by atoms with E-state index in [4.69, 9.17) is 11.5 Å². The van der Waals surface area contributed by atoms with Crippen molar-refractivity contribution in [2.45, 2.75) is 0 Å². The molecule has 0 saturated heterocycles.